The predicted octanol–water partition coefficient (Wildman–Crippen LogP) is 5.37. The topological polar surface area (TPSA) is 82.8 Å². The van der Waals surface area contributed by atoms with Gasteiger partial charge in [-0.05, 0) is 6.42 Å². The molecule has 6 nitrogen and oxygen atoms in total. The van der Waals surface area contributed by atoms with Crippen molar-refractivity contribution in [1.29, 1.82) is 0 Å². The standard InChI is InChI=1S/C26H54N2O4/c1-2-3-4-5-6-7-8-9-10-11-12-13-14-15-16-17-26(29)28-19-21-31-23-25-32-24-22-30-20-18-27/h2-25,27H2,1H3,(H,28,29). The number of unbranched alkanes of at least 4 members (excludes halogenated alkanes) is 14. The van der Waals surface area contributed by atoms with Gasteiger partial charge in [-0.25, -0.2) is 0 Å². The second kappa shape index (κ2) is 28.3. The number of hydrogen-bond donors (Lipinski definition) is 2. The van der Waals surface area contributed by atoms with E-state index in [2.05, 4.69) is 12.2 Å². The van der Waals surface area contributed by atoms with Crippen molar-refractivity contribution in [1.82, 2.24) is 5.32 Å². The van der Waals surface area contributed by atoms with Gasteiger partial charge in [-0.15, -0.1) is 0 Å². The zero-order valence-electron chi connectivity index (χ0n) is 21.2. The third-order valence-electron chi connectivity index (χ3n) is 5.58. The number of amides is 1. The molecule has 192 valence electrons. The van der Waals surface area contributed by atoms with E-state index >= 15 is 0 Å². The van der Waals surface area contributed by atoms with E-state index in [1.54, 1.807) is 0 Å². The van der Waals surface area contributed by atoms with Crippen molar-refractivity contribution in [3.63, 3.8) is 0 Å². The largest absolute Gasteiger partial charge is 0.378 e. The lowest BCUT2D eigenvalue weighted by Gasteiger charge is -2.08. The summed E-state index contributed by atoms with van der Waals surface area (Å²) in [4.78, 5) is 11.8. The normalized spacial score (nSPS) is 11.2. The molecule has 0 aliphatic heterocycles. The molecule has 0 saturated carbocycles. The number of hydrogen-bond acceptors (Lipinski definition) is 5. The van der Waals surface area contributed by atoms with Gasteiger partial charge < -0.3 is 25.3 Å². The summed E-state index contributed by atoms with van der Waals surface area (Å²) in [6, 6.07) is 0. The Hall–Kier alpha value is -0.690. The molecule has 32 heavy (non-hydrogen) atoms. The highest BCUT2D eigenvalue weighted by atomic mass is 16.5. The summed E-state index contributed by atoms with van der Waals surface area (Å²) in [5.41, 5.74) is 5.33. The van der Waals surface area contributed by atoms with Gasteiger partial charge >= 0.3 is 0 Å². The summed E-state index contributed by atoms with van der Waals surface area (Å²) in [6.45, 7) is 6.66. The molecule has 0 aromatic rings. The van der Waals surface area contributed by atoms with Crippen molar-refractivity contribution in [2.45, 2.75) is 110 Å². The zero-order valence-corrected chi connectivity index (χ0v) is 21.2. The molecule has 0 aliphatic rings. The number of ether oxygens (including phenoxy) is 3. The average Bonchev–Trinajstić information content (AvgIpc) is 2.80. The lowest BCUT2D eigenvalue weighted by atomic mass is 10.0. The maximum absolute atomic E-state index is 11.8. The van der Waals surface area contributed by atoms with Gasteiger partial charge in [-0.2, -0.15) is 0 Å². The molecule has 0 aromatic heterocycles. The Kier molecular flexibility index (Phi) is 27.7. The minimum atomic E-state index is 0.136. The molecule has 0 unspecified atom stereocenters. The van der Waals surface area contributed by atoms with E-state index in [0.717, 1.165) is 12.8 Å². The number of nitrogens with one attached hydrogen (secondary N) is 1. The monoisotopic (exact) mass is 458 g/mol. The van der Waals surface area contributed by atoms with Crippen LogP contribution in [0, 0.1) is 0 Å². The van der Waals surface area contributed by atoms with Crippen LogP contribution in [0.1, 0.15) is 110 Å². The molecule has 0 radical (unpaired) electrons. The van der Waals surface area contributed by atoms with Gasteiger partial charge in [0.1, 0.15) is 0 Å². The van der Waals surface area contributed by atoms with E-state index in [-0.39, 0.29) is 5.91 Å². The summed E-state index contributed by atoms with van der Waals surface area (Å²) in [7, 11) is 0. The lowest BCUT2D eigenvalue weighted by molar-refractivity contribution is -0.121. The van der Waals surface area contributed by atoms with Crippen LogP contribution >= 0.6 is 0 Å². The quantitative estimate of drug-likeness (QED) is 0.162. The first kappa shape index (κ1) is 31.3. The fraction of sp³-hybridized carbons (Fsp3) is 0.962. The van der Waals surface area contributed by atoms with Gasteiger partial charge in [0.15, 0.2) is 0 Å². The van der Waals surface area contributed by atoms with Crippen molar-refractivity contribution in [2.24, 2.45) is 5.73 Å². The van der Waals surface area contributed by atoms with E-state index in [0.29, 0.717) is 59.2 Å². The molecule has 0 heterocycles. The van der Waals surface area contributed by atoms with Crippen LogP contribution in [0.2, 0.25) is 0 Å². The van der Waals surface area contributed by atoms with Crippen molar-refractivity contribution in [3.05, 3.63) is 0 Å². The van der Waals surface area contributed by atoms with E-state index in [9.17, 15) is 4.79 Å². The minimum Gasteiger partial charge on any atom is -0.378 e. The second-order valence-corrected chi connectivity index (χ2v) is 8.68. The average molecular weight is 459 g/mol. The molecular formula is C26H54N2O4. The van der Waals surface area contributed by atoms with Gasteiger partial charge in [0.25, 0.3) is 0 Å². The maximum Gasteiger partial charge on any atom is 0.220 e. The smallest absolute Gasteiger partial charge is 0.220 e. The number of rotatable bonds is 27. The SMILES string of the molecule is CCCCCCCCCCCCCCCCCC(=O)NCCOCCOCCOCCN. The molecule has 1 amide bonds. The Morgan fingerprint density at radius 1 is 0.594 bits per heavy atom. The van der Waals surface area contributed by atoms with Gasteiger partial charge in [-0.3, -0.25) is 4.79 Å². The van der Waals surface area contributed by atoms with Crippen molar-refractivity contribution >= 4 is 5.91 Å². The molecular weight excluding hydrogens is 404 g/mol. The van der Waals surface area contributed by atoms with Gasteiger partial charge in [0, 0.05) is 19.5 Å². The number of carbonyl (C=O) groups excluding carboxylic acids is 1. The molecule has 6 heteroatoms. The summed E-state index contributed by atoms with van der Waals surface area (Å²) in [5, 5.41) is 2.92. The van der Waals surface area contributed by atoms with Crippen LogP contribution < -0.4 is 11.1 Å². The molecule has 0 bridgehead atoms. The van der Waals surface area contributed by atoms with Crippen LogP contribution in [0.4, 0.5) is 0 Å². The highest BCUT2D eigenvalue weighted by Crippen LogP contribution is 2.13. The van der Waals surface area contributed by atoms with E-state index in [4.69, 9.17) is 19.9 Å². The lowest BCUT2D eigenvalue weighted by Crippen LogP contribution is -2.27. The summed E-state index contributed by atoms with van der Waals surface area (Å²) < 4.78 is 16.0. The van der Waals surface area contributed by atoms with Gasteiger partial charge in [-0.1, -0.05) is 96.8 Å². The molecule has 0 atom stereocenters. The van der Waals surface area contributed by atoms with Crippen LogP contribution in [0.3, 0.4) is 0 Å². The number of nitrogens with two attached hydrogens (primary N) is 1. The highest BCUT2D eigenvalue weighted by molar-refractivity contribution is 5.75. The van der Waals surface area contributed by atoms with E-state index < -0.39 is 0 Å². The Bertz CT molecular complexity index is 370. The Morgan fingerprint density at radius 3 is 1.47 bits per heavy atom. The molecule has 0 rings (SSSR count). The Morgan fingerprint density at radius 2 is 1.00 bits per heavy atom. The fourth-order valence-corrected chi connectivity index (χ4v) is 3.63. The van der Waals surface area contributed by atoms with Crippen LogP contribution in [0.15, 0.2) is 0 Å². The van der Waals surface area contributed by atoms with Crippen LogP contribution in [0.5, 0.6) is 0 Å². The molecule has 0 fully saturated rings. The third-order valence-corrected chi connectivity index (χ3v) is 5.58. The first-order valence-corrected chi connectivity index (χ1v) is 13.5. The summed E-state index contributed by atoms with van der Waals surface area (Å²) in [6.07, 6.45) is 20.8. The highest BCUT2D eigenvalue weighted by Gasteiger charge is 2.01. The summed E-state index contributed by atoms with van der Waals surface area (Å²) >= 11 is 0. The van der Waals surface area contributed by atoms with Crippen molar-refractivity contribution in [2.75, 3.05) is 52.7 Å². The minimum absolute atomic E-state index is 0.136. The maximum atomic E-state index is 11.8. The second-order valence-electron chi connectivity index (χ2n) is 8.68. The summed E-state index contributed by atoms with van der Waals surface area (Å²) in [5.74, 6) is 0.136. The van der Waals surface area contributed by atoms with Crippen LogP contribution in [-0.2, 0) is 19.0 Å². The van der Waals surface area contributed by atoms with E-state index in [1.807, 2.05) is 0 Å². The zero-order chi connectivity index (χ0) is 23.4. The van der Waals surface area contributed by atoms with Gasteiger partial charge in [0.05, 0.1) is 39.6 Å². The third kappa shape index (κ3) is 27.3. The first-order valence-electron chi connectivity index (χ1n) is 13.5. The molecule has 0 saturated heterocycles. The number of carbonyl (C=O) groups is 1. The van der Waals surface area contributed by atoms with E-state index in [1.165, 1.54) is 83.5 Å². The first-order chi connectivity index (χ1) is 15.8. The van der Waals surface area contributed by atoms with Crippen LogP contribution in [0.25, 0.3) is 0 Å². The fourth-order valence-electron chi connectivity index (χ4n) is 3.63. The van der Waals surface area contributed by atoms with Crippen molar-refractivity contribution in [3.8, 4) is 0 Å². The predicted molar refractivity (Wildman–Crippen MR) is 134 cm³/mol. The Balaban J connectivity index is 3.13. The Labute approximate surface area is 198 Å². The molecule has 0 aromatic carbocycles. The van der Waals surface area contributed by atoms with Crippen molar-refractivity contribution < 1.29 is 19.0 Å². The molecule has 3 N–H and O–H groups in total. The van der Waals surface area contributed by atoms with Gasteiger partial charge in [0.2, 0.25) is 5.91 Å². The molecule has 0 aliphatic carbocycles. The van der Waals surface area contributed by atoms with Crippen LogP contribution in [-0.4, -0.2) is 58.6 Å². The molecule has 0 spiro atoms.